The molecule has 0 rings (SSSR count). The third-order valence-electron chi connectivity index (χ3n) is 4.69. The van der Waals surface area contributed by atoms with Gasteiger partial charge in [0.1, 0.15) is 6.54 Å². The van der Waals surface area contributed by atoms with Crippen LogP contribution in [0.1, 0.15) is 60.3 Å². The maximum absolute atomic E-state index is 13.1. The van der Waals surface area contributed by atoms with Crippen LogP contribution in [-0.4, -0.2) is 86.2 Å². The van der Waals surface area contributed by atoms with Crippen LogP contribution < -0.4 is 0 Å². The van der Waals surface area contributed by atoms with E-state index in [1.165, 1.54) is 4.90 Å². The first-order chi connectivity index (χ1) is 14.8. The zero-order chi connectivity index (χ0) is 23.6. The number of ether oxygens (including phenoxy) is 3. The zero-order valence-corrected chi connectivity index (χ0v) is 19.8. The highest BCUT2D eigenvalue weighted by Gasteiger charge is 2.26. The summed E-state index contributed by atoms with van der Waals surface area (Å²) in [5.41, 5.74) is 0. The van der Waals surface area contributed by atoms with Crippen molar-refractivity contribution < 1.29 is 33.4 Å². The predicted molar refractivity (Wildman–Crippen MR) is 116 cm³/mol. The smallest absolute Gasteiger partial charge is 0.325 e. The third-order valence-corrected chi connectivity index (χ3v) is 4.69. The van der Waals surface area contributed by atoms with Gasteiger partial charge >= 0.3 is 17.9 Å². The lowest BCUT2D eigenvalue weighted by molar-refractivity contribution is -0.152. The minimum atomic E-state index is -0.483. The van der Waals surface area contributed by atoms with Crippen molar-refractivity contribution in [2.24, 2.45) is 5.92 Å². The molecule has 31 heavy (non-hydrogen) atoms. The topological polar surface area (TPSA) is 102 Å². The summed E-state index contributed by atoms with van der Waals surface area (Å²) in [5.74, 6) is -1.72. The van der Waals surface area contributed by atoms with Gasteiger partial charge in [0.05, 0.1) is 32.9 Å². The molecular weight excluding hydrogens is 404 g/mol. The van der Waals surface area contributed by atoms with Crippen LogP contribution in [0.5, 0.6) is 0 Å². The van der Waals surface area contributed by atoms with Gasteiger partial charge in [0.25, 0.3) is 0 Å². The molecule has 0 saturated heterocycles. The Balaban J connectivity index is 5.32. The molecular formula is C22H40N2O7. The summed E-state index contributed by atoms with van der Waals surface area (Å²) in [4.78, 5) is 52.1. The van der Waals surface area contributed by atoms with Gasteiger partial charge in [0, 0.05) is 19.0 Å². The molecule has 0 bridgehead atoms. The number of amides is 1. The summed E-state index contributed by atoms with van der Waals surface area (Å²) in [5, 5.41) is 0. The van der Waals surface area contributed by atoms with E-state index < -0.39 is 17.9 Å². The second-order valence-electron chi connectivity index (χ2n) is 7.13. The number of unbranched alkanes of at least 4 members (excludes halogenated alkanes) is 1. The predicted octanol–water partition coefficient (Wildman–Crippen LogP) is 2.02. The molecule has 0 aromatic carbocycles. The summed E-state index contributed by atoms with van der Waals surface area (Å²) in [6.45, 7) is 9.83. The van der Waals surface area contributed by atoms with Crippen molar-refractivity contribution in [2.45, 2.75) is 60.3 Å². The third kappa shape index (κ3) is 13.0. The molecule has 9 nitrogen and oxygen atoms in total. The molecule has 0 aliphatic carbocycles. The second-order valence-corrected chi connectivity index (χ2v) is 7.13. The molecule has 1 unspecified atom stereocenters. The first-order valence-electron chi connectivity index (χ1n) is 11.3. The lowest BCUT2D eigenvalue weighted by Crippen LogP contribution is -2.46. The van der Waals surface area contributed by atoms with Gasteiger partial charge < -0.3 is 19.1 Å². The molecule has 0 spiro atoms. The fraction of sp³-hybridized carbons (Fsp3) is 0.818. The van der Waals surface area contributed by atoms with Crippen molar-refractivity contribution >= 4 is 23.8 Å². The fourth-order valence-corrected chi connectivity index (χ4v) is 3.10. The Hall–Kier alpha value is -2.16. The van der Waals surface area contributed by atoms with Gasteiger partial charge in [-0.2, -0.15) is 0 Å². The van der Waals surface area contributed by atoms with Crippen molar-refractivity contribution in [1.82, 2.24) is 9.80 Å². The van der Waals surface area contributed by atoms with E-state index in [0.717, 1.165) is 19.3 Å². The number of rotatable bonds is 17. The largest absolute Gasteiger partial charge is 0.465 e. The molecule has 0 aliphatic heterocycles. The van der Waals surface area contributed by atoms with E-state index in [1.807, 2.05) is 6.92 Å². The molecule has 0 aromatic rings. The summed E-state index contributed by atoms with van der Waals surface area (Å²) in [6.07, 6.45) is 3.33. The van der Waals surface area contributed by atoms with Gasteiger partial charge in [-0.3, -0.25) is 24.1 Å². The van der Waals surface area contributed by atoms with Crippen LogP contribution in [0.3, 0.4) is 0 Å². The highest BCUT2D eigenvalue weighted by Crippen LogP contribution is 2.16. The van der Waals surface area contributed by atoms with Crippen LogP contribution in [-0.2, 0) is 33.4 Å². The molecule has 9 heteroatoms. The summed E-state index contributed by atoms with van der Waals surface area (Å²) < 4.78 is 15.0. The van der Waals surface area contributed by atoms with Gasteiger partial charge in [-0.1, -0.05) is 26.7 Å². The van der Waals surface area contributed by atoms with E-state index in [-0.39, 0.29) is 64.4 Å². The lowest BCUT2D eigenvalue weighted by atomic mass is 9.97. The number of nitrogens with zero attached hydrogens (tertiary/aromatic N) is 2. The number of carbonyl (C=O) groups excluding carboxylic acids is 4. The average Bonchev–Trinajstić information content (AvgIpc) is 2.71. The van der Waals surface area contributed by atoms with Gasteiger partial charge in [-0.15, -0.1) is 0 Å². The van der Waals surface area contributed by atoms with Crippen molar-refractivity contribution in [2.75, 3.05) is 52.5 Å². The van der Waals surface area contributed by atoms with Crippen LogP contribution in [0.2, 0.25) is 0 Å². The van der Waals surface area contributed by atoms with Crippen molar-refractivity contribution in [3.8, 4) is 0 Å². The Labute approximate surface area is 186 Å². The lowest BCUT2D eigenvalue weighted by Gasteiger charge is -2.29. The first-order valence-corrected chi connectivity index (χ1v) is 11.3. The minimum absolute atomic E-state index is 0.110. The molecule has 180 valence electrons. The molecule has 0 heterocycles. The zero-order valence-electron chi connectivity index (χ0n) is 19.8. The molecule has 0 fully saturated rings. The summed E-state index contributed by atoms with van der Waals surface area (Å²) in [7, 11) is 0. The number of hydrogen-bond acceptors (Lipinski definition) is 8. The maximum Gasteiger partial charge on any atom is 0.325 e. The number of carbonyl (C=O) groups is 4. The highest BCUT2D eigenvalue weighted by atomic mass is 16.5. The Bertz CT molecular complexity index is 534. The second kappa shape index (κ2) is 17.5. The van der Waals surface area contributed by atoms with E-state index in [0.29, 0.717) is 6.42 Å². The van der Waals surface area contributed by atoms with Gasteiger partial charge in [-0.05, 0) is 33.6 Å². The molecule has 0 aliphatic rings. The Morgan fingerprint density at radius 2 is 1.19 bits per heavy atom. The van der Waals surface area contributed by atoms with Crippen molar-refractivity contribution in [1.29, 1.82) is 0 Å². The normalized spacial score (nSPS) is 11.7. The number of esters is 3. The van der Waals surface area contributed by atoms with Crippen LogP contribution in [0.4, 0.5) is 0 Å². The van der Waals surface area contributed by atoms with Crippen molar-refractivity contribution in [3.63, 3.8) is 0 Å². The Morgan fingerprint density at radius 1 is 0.710 bits per heavy atom. The Kier molecular flexibility index (Phi) is 16.3. The summed E-state index contributed by atoms with van der Waals surface area (Å²) in [6, 6.07) is 0. The van der Waals surface area contributed by atoms with Gasteiger partial charge in [0.15, 0.2) is 0 Å². The van der Waals surface area contributed by atoms with E-state index in [9.17, 15) is 19.2 Å². The molecule has 0 N–H and O–H groups in total. The SMILES string of the molecule is CCCCC(CC)C(=O)N(CCN(CC(=O)OCC)CC(=O)OCC)CC(=O)OCC. The van der Waals surface area contributed by atoms with Crippen LogP contribution in [0.25, 0.3) is 0 Å². The quantitative estimate of drug-likeness (QED) is 0.248. The van der Waals surface area contributed by atoms with E-state index in [1.54, 1.807) is 25.7 Å². The van der Waals surface area contributed by atoms with E-state index in [4.69, 9.17) is 14.2 Å². The molecule has 0 aromatic heterocycles. The molecule has 0 saturated carbocycles. The van der Waals surface area contributed by atoms with Gasteiger partial charge in [0.2, 0.25) is 5.91 Å². The maximum atomic E-state index is 13.1. The van der Waals surface area contributed by atoms with Crippen LogP contribution in [0.15, 0.2) is 0 Å². The fourth-order valence-electron chi connectivity index (χ4n) is 3.10. The minimum Gasteiger partial charge on any atom is -0.465 e. The molecule has 1 atom stereocenters. The monoisotopic (exact) mass is 444 g/mol. The van der Waals surface area contributed by atoms with Crippen molar-refractivity contribution in [3.05, 3.63) is 0 Å². The van der Waals surface area contributed by atoms with E-state index >= 15 is 0 Å². The van der Waals surface area contributed by atoms with Gasteiger partial charge in [-0.25, -0.2) is 0 Å². The average molecular weight is 445 g/mol. The van der Waals surface area contributed by atoms with Crippen LogP contribution in [0, 0.1) is 5.92 Å². The highest BCUT2D eigenvalue weighted by molar-refractivity contribution is 5.83. The standard InChI is InChI=1S/C22H40N2O7/c1-6-11-12-18(7-2)22(28)24(17-21(27)31-10-5)14-13-23(15-19(25)29-8-3)16-20(26)30-9-4/h18H,6-17H2,1-5H3. The Morgan fingerprint density at radius 3 is 1.61 bits per heavy atom. The first kappa shape index (κ1) is 28.8. The molecule has 1 amide bonds. The molecule has 0 radical (unpaired) electrons. The number of hydrogen-bond donors (Lipinski definition) is 0. The summed E-state index contributed by atoms with van der Waals surface area (Å²) >= 11 is 0. The van der Waals surface area contributed by atoms with E-state index in [2.05, 4.69) is 6.92 Å². The van der Waals surface area contributed by atoms with Crippen LogP contribution >= 0.6 is 0 Å².